The van der Waals surface area contributed by atoms with Crippen molar-refractivity contribution in [2.24, 2.45) is 0 Å². The number of hydrogen-bond acceptors (Lipinski definition) is 5. The second-order valence-electron chi connectivity index (χ2n) is 5.13. The third-order valence-electron chi connectivity index (χ3n) is 3.38. The first-order valence-corrected chi connectivity index (χ1v) is 8.19. The van der Waals surface area contributed by atoms with E-state index in [0.29, 0.717) is 17.0 Å². The van der Waals surface area contributed by atoms with Gasteiger partial charge >= 0.3 is 0 Å². The van der Waals surface area contributed by atoms with Crippen LogP contribution < -0.4 is 0 Å². The molecular weight excluding hydrogens is 294 g/mol. The maximum Gasteiger partial charge on any atom is 0.276 e. The molecule has 4 nitrogen and oxygen atoms in total. The summed E-state index contributed by atoms with van der Waals surface area (Å²) in [6, 6.07) is 14.3. The Morgan fingerprint density at radius 2 is 1.95 bits per heavy atom. The first-order valence-electron chi connectivity index (χ1n) is 7.20. The third kappa shape index (κ3) is 3.95. The Labute approximate surface area is 134 Å². The van der Waals surface area contributed by atoms with E-state index in [2.05, 4.69) is 46.4 Å². The van der Waals surface area contributed by atoms with Crippen LogP contribution in [0, 0.1) is 0 Å². The van der Waals surface area contributed by atoms with Crippen molar-refractivity contribution in [1.82, 2.24) is 15.2 Å². The van der Waals surface area contributed by atoms with Gasteiger partial charge in [-0.25, -0.2) is 0 Å². The van der Waals surface area contributed by atoms with E-state index in [-0.39, 0.29) is 0 Å². The zero-order chi connectivity index (χ0) is 15.2. The van der Waals surface area contributed by atoms with E-state index in [1.54, 1.807) is 6.20 Å². The first kappa shape index (κ1) is 14.8. The normalized spacial score (nSPS) is 12.2. The molecule has 5 heteroatoms. The quantitative estimate of drug-likeness (QED) is 0.641. The minimum atomic E-state index is 0.359. The van der Waals surface area contributed by atoms with Crippen LogP contribution in [-0.4, -0.2) is 15.2 Å². The van der Waals surface area contributed by atoms with Crippen LogP contribution in [0.25, 0.3) is 0 Å². The number of hydrogen-bond donors (Lipinski definition) is 0. The van der Waals surface area contributed by atoms with E-state index in [0.717, 1.165) is 17.7 Å². The Morgan fingerprint density at radius 1 is 1.09 bits per heavy atom. The molecule has 0 radical (unpaired) electrons. The van der Waals surface area contributed by atoms with Crippen LogP contribution in [0.4, 0.5) is 0 Å². The van der Waals surface area contributed by atoms with Gasteiger partial charge in [-0.05, 0) is 23.1 Å². The van der Waals surface area contributed by atoms with Gasteiger partial charge in [-0.15, -0.1) is 10.2 Å². The van der Waals surface area contributed by atoms with Gasteiger partial charge in [0.25, 0.3) is 5.22 Å². The lowest BCUT2D eigenvalue weighted by Crippen LogP contribution is -1.98. The highest BCUT2D eigenvalue weighted by molar-refractivity contribution is 7.98. The monoisotopic (exact) mass is 311 g/mol. The smallest absolute Gasteiger partial charge is 0.276 e. The summed E-state index contributed by atoms with van der Waals surface area (Å²) < 4.78 is 5.72. The molecule has 0 aliphatic heterocycles. The number of rotatable bonds is 6. The van der Waals surface area contributed by atoms with Gasteiger partial charge in [-0.2, -0.15) is 0 Å². The fourth-order valence-electron chi connectivity index (χ4n) is 2.17. The summed E-state index contributed by atoms with van der Waals surface area (Å²) in [5.74, 6) is 1.83. The predicted molar refractivity (Wildman–Crippen MR) is 86.7 cm³/mol. The summed E-state index contributed by atoms with van der Waals surface area (Å²) in [4.78, 5) is 4.10. The topological polar surface area (TPSA) is 51.8 Å². The Kier molecular flexibility index (Phi) is 4.85. The summed E-state index contributed by atoms with van der Waals surface area (Å²) in [5, 5.41) is 8.85. The summed E-state index contributed by atoms with van der Waals surface area (Å²) >= 11 is 1.54. The average Bonchev–Trinajstić information content (AvgIpc) is 3.02. The SMILES string of the molecule is CC(Cc1nnc(SCc2cccnc2)o1)c1ccccc1. The lowest BCUT2D eigenvalue weighted by atomic mass is 9.98. The molecule has 2 aromatic heterocycles. The molecule has 0 saturated heterocycles. The van der Waals surface area contributed by atoms with E-state index < -0.39 is 0 Å². The zero-order valence-electron chi connectivity index (χ0n) is 12.3. The Bertz CT molecular complexity index is 700. The summed E-state index contributed by atoms with van der Waals surface area (Å²) in [5.41, 5.74) is 2.43. The number of thioether (sulfide) groups is 1. The molecule has 1 atom stereocenters. The van der Waals surface area contributed by atoms with Gasteiger partial charge in [0.2, 0.25) is 5.89 Å². The van der Waals surface area contributed by atoms with E-state index in [1.807, 2.05) is 24.4 Å². The lowest BCUT2D eigenvalue weighted by molar-refractivity contribution is 0.404. The molecule has 22 heavy (non-hydrogen) atoms. The minimum Gasteiger partial charge on any atom is -0.416 e. The summed E-state index contributed by atoms with van der Waals surface area (Å²) in [7, 11) is 0. The molecule has 3 aromatic rings. The van der Waals surface area contributed by atoms with Crippen LogP contribution in [0.2, 0.25) is 0 Å². The molecule has 1 unspecified atom stereocenters. The van der Waals surface area contributed by atoms with E-state index in [9.17, 15) is 0 Å². The number of pyridine rings is 1. The van der Waals surface area contributed by atoms with Crippen molar-refractivity contribution >= 4 is 11.8 Å². The van der Waals surface area contributed by atoms with E-state index in [4.69, 9.17) is 4.42 Å². The maximum absolute atomic E-state index is 5.72. The van der Waals surface area contributed by atoms with Crippen LogP contribution in [0.5, 0.6) is 0 Å². The predicted octanol–water partition coefficient (Wildman–Crippen LogP) is 4.10. The zero-order valence-corrected chi connectivity index (χ0v) is 13.2. The second-order valence-corrected chi connectivity index (χ2v) is 6.05. The van der Waals surface area contributed by atoms with Crippen molar-refractivity contribution < 1.29 is 4.42 Å². The van der Waals surface area contributed by atoms with Crippen molar-refractivity contribution in [3.63, 3.8) is 0 Å². The van der Waals surface area contributed by atoms with Crippen molar-refractivity contribution in [3.8, 4) is 0 Å². The highest BCUT2D eigenvalue weighted by atomic mass is 32.2. The lowest BCUT2D eigenvalue weighted by Gasteiger charge is -2.08. The fourth-order valence-corrected chi connectivity index (χ4v) is 2.88. The number of aromatic nitrogens is 3. The fraction of sp³-hybridized carbons (Fsp3) is 0.235. The minimum absolute atomic E-state index is 0.359. The number of nitrogens with zero attached hydrogens (tertiary/aromatic N) is 3. The molecule has 0 saturated carbocycles. The molecule has 0 bridgehead atoms. The van der Waals surface area contributed by atoms with Gasteiger partial charge in [-0.1, -0.05) is 55.1 Å². The van der Waals surface area contributed by atoms with Gasteiger partial charge in [0, 0.05) is 24.6 Å². The van der Waals surface area contributed by atoms with Crippen molar-refractivity contribution in [2.75, 3.05) is 0 Å². The molecule has 0 aliphatic carbocycles. The highest BCUT2D eigenvalue weighted by Crippen LogP contribution is 2.24. The van der Waals surface area contributed by atoms with E-state index in [1.165, 1.54) is 17.3 Å². The van der Waals surface area contributed by atoms with Crippen LogP contribution in [0.1, 0.15) is 29.9 Å². The van der Waals surface area contributed by atoms with Gasteiger partial charge in [0.05, 0.1) is 0 Å². The summed E-state index contributed by atoms with van der Waals surface area (Å²) in [6.45, 7) is 2.17. The number of benzene rings is 1. The Hall–Kier alpha value is -2.14. The summed E-state index contributed by atoms with van der Waals surface area (Å²) in [6.07, 6.45) is 4.37. The molecule has 0 aliphatic rings. The first-order chi connectivity index (χ1) is 10.8. The Morgan fingerprint density at radius 3 is 2.73 bits per heavy atom. The maximum atomic E-state index is 5.72. The molecule has 0 spiro atoms. The average molecular weight is 311 g/mol. The van der Waals surface area contributed by atoms with Gasteiger partial charge in [0.15, 0.2) is 0 Å². The molecule has 1 aromatic carbocycles. The van der Waals surface area contributed by atoms with Crippen LogP contribution >= 0.6 is 11.8 Å². The highest BCUT2D eigenvalue weighted by Gasteiger charge is 2.12. The third-order valence-corrected chi connectivity index (χ3v) is 4.27. The van der Waals surface area contributed by atoms with Gasteiger partial charge < -0.3 is 4.42 Å². The van der Waals surface area contributed by atoms with Gasteiger partial charge in [-0.3, -0.25) is 4.98 Å². The van der Waals surface area contributed by atoms with Crippen molar-refractivity contribution in [2.45, 2.75) is 30.2 Å². The van der Waals surface area contributed by atoms with Gasteiger partial charge in [0.1, 0.15) is 0 Å². The molecule has 3 rings (SSSR count). The van der Waals surface area contributed by atoms with Crippen molar-refractivity contribution in [3.05, 3.63) is 71.9 Å². The second kappa shape index (κ2) is 7.22. The van der Waals surface area contributed by atoms with Crippen LogP contribution in [0.3, 0.4) is 0 Å². The molecule has 0 amide bonds. The van der Waals surface area contributed by atoms with Crippen LogP contribution in [0.15, 0.2) is 64.5 Å². The molecule has 0 N–H and O–H groups in total. The van der Waals surface area contributed by atoms with E-state index >= 15 is 0 Å². The molecule has 112 valence electrons. The largest absolute Gasteiger partial charge is 0.416 e. The standard InChI is InChI=1S/C17H17N3OS/c1-13(15-7-3-2-4-8-15)10-16-19-20-17(21-16)22-12-14-6-5-9-18-11-14/h2-9,11,13H,10,12H2,1H3. The molecular formula is C17H17N3OS. The molecule has 2 heterocycles. The molecule has 0 fully saturated rings. The van der Waals surface area contributed by atoms with Crippen LogP contribution in [-0.2, 0) is 12.2 Å². The van der Waals surface area contributed by atoms with Crippen molar-refractivity contribution in [1.29, 1.82) is 0 Å². The Balaban J connectivity index is 1.57.